The van der Waals surface area contributed by atoms with Crippen LogP contribution in [0.25, 0.3) is 0 Å². The molecule has 3 nitrogen and oxygen atoms in total. The Kier molecular flexibility index (Phi) is 4.33. The van der Waals surface area contributed by atoms with E-state index < -0.39 is 0 Å². The number of hydrogen-bond acceptors (Lipinski definition) is 1. The van der Waals surface area contributed by atoms with Crippen molar-refractivity contribution in [3.8, 4) is 0 Å². The quantitative estimate of drug-likeness (QED) is 0.502. The van der Waals surface area contributed by atoms with Crippen LogP contribution in [0.4, 0.5) is 11.4 Å². The van der Waals surface area contributed by atoms with E-state index in [1.807, 2.05) is 24.3 Å². The number of anilines is 1. The Morgan fingerprint density at radius 3 is 2.67 bits per heavy atom. The molecule has 1 rings (SSSR count). The molecule has 66 valence electrons. The topological polar surface area (TPSA) is 56.7 Å². The van der Waals surface area contributed by atoms with Crippen LogP contribution in [0.5, 0.6) is 0 Å². The Balaban J connectivity index is 0.00000121. The van der Waals surface area contributed by atoms with Gasteiger partial charge in [-0.05, 0) is 12.1 Å². The van der Waals surface area contributed by atoms with Gasteiger partial charge in [-0.1, -0.05) is 6.07 Å². The Bertz CT molecular complexity index is 276. The van der Waals surface area contributed by atoms with Crippen molar-refractivity contribution >= 4 is 17.3 Å². The summed E-state index contributed by atoms with van der Waals surface area (Å²) in [5.41, 5.74) is 5.43. The lowest BCUT2D eigenvalue weighted by atomic mass is 10.3. The molecule has 1 amide bonds. The number of amides is 1. The smallest absolute Gasteiger partial charge is 0.221 e. The number of rotatable bonds is 1. The van der Waals surface area contributed by atoms with Crippen molar-refractivity contribution in [3.05, 3.63) is 24.3 Å². The van der Waals surface area contributed by atoms with Gasteiger partial charge < -0.3 is 23.5 Å². The van der Waals surface area contributed by atoms with Crippen LogP contribution in [-0.2, 0) is 4.79 Å². The molecule has 0 aliphatic carbocycles. The van der Waals surface area contributed by atoms with E-state index in [1.165, 1.54) is 6.92 Å². The minimum absolute atomic E-state index is 0. The lowest BCUT2D eigenvalue weighted by Crippen LogP contribution is -3.00. The lowest BCUT2D eigenvalue weighted by Gasteiger charge is -1.99. The zero-order valence-corrected chi connectivity index (χ0v) is 7.56. The fraction of sp³-hybridized carbons (Fsp3) is 0.125. The molecular weight excluding hydrogens is 176 g/mol. The fourth-order valence-electron chi connectivity index (χ4n) is 0.852. The zero-order chi connectivity index (χ0) is 8.27. The van der Waals surface area contributed by atoms with Gasteiger partial charge in [0.25, 0.3) is 0 Å². The normalized spacial score (nSPS) is 8.50. The molecule has 0 bridgehead atoms. The first-order valence-electron chi connectivity index (χ1n) is 3.38. The van der Waals surface area contributed by atoms with Crippen LogP contribution in [0.3, 0.4) is 0 Å². The predicted molar refractivity (Wildman–Crippen MR) is 43.3 cm³/mol. The summed E-state index contributed by atoms with van der Waals surface area (Å²) in [6.45, 7) is 1.48. The van der Waals surface area contributed by atoms with E-state index in [1.54, 1.807) is 0 Å². The van der Waals surface area contributed by atoms with Crippen LogP contribution in [0, 0.1) is 0 Å². The summed E-state index contributed by atoms with van der Waals surface area (Å²) in [4.78, 5) is 10.6. The maximum absolute atomic E-state index is 10.6. The number of carbonyl (C=O) groups excluding carboxylic acids is 1. The first-order valence-corrected chi connectivity index (χ1v) is 3.38. The minimum Gasteiger partial charge on any atom is -1.00 e. The third-order valence-corrected chi connectivity index (χ3v) is 1.25. The molecule has 0 aliphatic rings. The number of quaternary nitrogens is 1. The second-order valence-corrected chi connectivity index (χ2v) is 2.38. The Morgan fingerprint density at radius 2 is 2.17 bits per heavy atom. The van der Waals surface area contributed by atoms with Crippen molar-refractivity contribution < 1.29 is 22.9 Å². The minimum atomic E-state index is -0.0596. The van der Waals surface area contributed by atoms with Gasteiger partial charge in [0.05, 0.1) is 0 Å². The summed E-state index contributed by atoms with van der Waals surface area (Å²) in [7, 11) is 0. The molecular formula is C8H11ClN2O. The van der Waals surface area contributed by atoms with Gasteiger partial charge in [0.2, 0.25) is 5.91 Å². The molecule has 0 fully saturated rings. The van der Waals surface area contributed by atoms with Gasteiger partial charge in [0.15, 0.2) is 0 Å². The van der Waals surface area contributed by atoms with Gasteiger partial charge in [0.1, 0.15) is 5.69 Å². The average molecular weight is 187 g/mol. The van der Waals surface area contributed by atoms with Crippen LogP contribution in [0.2, 0.25) is 0 Å². The van der Waals surface area contributed by atoms with Gasteiger partial charge in [-0.3, -0.25) is 4.79 Å². The predicted octanol–water partition coefficient (Wildman–Crippen LogP) is -2.48. The van der Waals surface area contributed by atoms with Crippen molar-refractivity contribution in [3.63, 3.8) is 0 Å². The van der Waals surface area contributed by atoms with Crippen molar-refractivity contribution in [2.45, 2.75) is 6.92 Å². The highest BCUT2D eigenvalue weighted by Crippen LogP contribution is 2.09. The molecule has 0 aromatic heterocycles. The summed E-state index contributed by atoms with van der Waals surface area (Å²) >= 11 is 0. The van der Waals surface area contributed by atoms with E-state index in [-0.39, 0.29) is 18.3 Å². The summed E-state index contributed by atoms with van der Waals surface area (Å²) < 4.78 is 0. The van der Waals surface area contributed by atoms with Gasteiger partial charge in [-0.25, -0.2) is 0 Å². The maximum atomic E-state index is 10.6. The molecule has 4 heteroatoms. The molecule has 0 heterocycles. The largest absolute Gasteiger partial charge is 1.00 e. The first-order chi connectivity index (χ1) is 5.18. The number of nitrogens with one attached hydrogen (secondary N) is 1. The number of carbonyl (C=O) groups is 1. The highest BCUT2D eigenvalue weighted by molar-refractivity contribution is 5.88. The molecule has 4 N–H and O–H groups in total. The van der Waals surface area contributed by atoms with Gasteiger partial charge >= 0.3 is 0 Å². The molecule has 0 unspecified atom stereocenters. The van der Waals surface area contributed by atoms with Crippen molar-refractivity contribution in [1.29, 1.82) is 0 Å². The van der Waals surface area contributed by atoms with E-state index in [4.69, 9.17) is 0 Å². The highest BCUT2D eigenvalue weighted by Gasteiger charge is 1.95. The Labute approximate surface area is 77.4 Å². The summed E-state index contributed by atoms with van der Waals surface area (Å²) in [6, 6.07) is 7.39. The second-order valence-electron chi connectivity index (χ2n) is 2.38. The van der Waals surface area contributed by atoms with Crippen molar-refractivity contribution in [2.24, 2.45) is 0 Å². The maximum Gasteiger partial charge on any atom is 0.221 e. The van der Waals surface area contributed by atoms with Gasteiger partial charge in [-0.15, -0.1) is 0 Å². The van der Waals surface area contributed by atoms with Crippen LogP contribution >= 0.6 is 0 Å². The van der Waals surface area contributed by atoms with E-state index >= 15 is 0 Å². The Morgan fingerprint density at radius 1 is 1.50 bits per heavy atom. The standard InChI is InChI=1S/C8H10N2O.ClH/c1-6(11)10-8-4-2-3-7(9)5-8;/h2-5H,9H2,1H3,(H,10,11);1H. The van der Waals surface area contributed by atoms with Crippen molar-refractivity contribution in [1.82, 2.24) is 0 Å². The molecule has 0 saturated heterocycles. The summed E-state index contributed by atoms with van der Waals surface area (Å²) in [5, 5.41) is 2.67. The molecule has 0 spiro atoms. The summed E-state index contributed by atoms with van der Waals surface area (Å²) in [6.07, 6.45) is 0. The molecule has 0 saturated carbocycles. The average Bonchev–Trinajstić information content (AvgIpc) is 1.85. The molecule has 1 aromatic rings. The molecule has 1 aromatic carbocycles. The number of hydrogen-bond donors (Lipinski definition) is 2. The highest BCUT2D eigenvalue weighted by atomic mass is 35.5. The van der Waals surface area contributed by atoms with Crippen LogP contribution in [-0.4, -0.2) is 5.91 Å². The van der Waals surface area contributed by atoms with E-state index in [0.29, 0.717) is 0 Å². The monoisotopic (exact) mass is 186 g/mol. The molecule has 0 radical (unpaired) electrons. The summed E-state index contributed by atoms with van der Waals surface area (Å²) in [5.74, 6) is -0.0596. The molecule has 0 aliphatic heterocycles. The van der Waals surface area contributed by atoms with Gasteiger partial charge in [0, 0.05) is 18.7 Å². The third kappa shape index (κ3) is 3.37. The third-order valence-electron chi connectivity index (χ3n) is 1.25. The zero-order valence-electron chi connectivity index (χ0n) is 6.80. The lowest BCUT2D eigenvalue weighted by molar-refractivity contribution is -0.254. The number of halogens is 1. The van der Waals surface area contributed by atoms with Crippen molar-refractivity contribution in [2.75, 3.05) is 5.32 Å². The SMILES string of the molecule is CC(=O)Nc1cccc([NH3+])c1.[Cl-]. The van der Waals surface area contributed by atoms with E-state index in [9.17, 15) is 4.79 Å². The fourth-order valence-corrected chi connectivity index (χ4v) is 0.852. The molecule has 0 atom stereocenters. The van der Waals surface area contributed by atoms with Crippen LogP contribution in [0.1, 0.15) is 6.92 Å². The van der Waals surface area contributed by atoms with Crippen LogP contribution < -0.4 is 23.5 Å². The van der Waals surface area contributed by atoms with E-state index in [0.717, 1.165) is 11.4 Å². The Hall–Kier alpha value is -1.06. The first kappa shape index (κ1) is 10.9. The van der Waals surface area contributed by atoms with Gasteiger partial charge in [-0.2, -0.15) is 0 Å². The van der Waals surface area contributed by atoms with Crippen LogP contribution in [0.15, 0.2) is 24.3 Å². The number of benzene rings is 1. The second kappa shape index (κ2) is 4.74. The molecule has 12 heavy (non-hydrogen) atoms. The van der Waals surface area contributed by atoms with E-state index in [2.05, 4.69) is 11.1 Å².